The normalized spacial score (nSPS) is 20.8. The van der Waals surface area contributed by atoms with Crippen molar-refractivity contribution in [1.29, 1.82) is 0 Å². The third-order valence-electron chi connectivity index (χ3n) is 3.31. The number of nitrogens with one attached hydrogen (secondary N) is 1. The number of amides is 2. The second-order valence-electron chi connectivity index (χ2n) is 5.18. The van der Waals surface area contributed by atoms with Crippen molar-refractivity contribution in [3.8, 4) is 0 Å². The molecule has 1 aromatic heterocycles. The zero-order chi connectivity index (χ0) is 14.5. The van der Waals surface area contributed by atoms with E-state index >= 15 is 0 Å². The van der Waals surface area contributed by atoms with Crippen LogP contribution in [-0.2, 0) is 11.3 Å². The Labute approximate surface area is 123 Å². The van der Waals surface area contributed by atoms with Crippen LogP contribution in [0.15, 0.2) is 12.1 Å². The van der Waals surface area contributed by atoms with Crippen molar-refractivity contribution in [2.45, 2.75) is 39.0 Å². The van der Waals surface area contributed by atoms with E-state index < -0.39 is 6.10 Å². The van der Waals surface area contributed by atoms with Crippen molar-refractivity contribution in [2.24, 2.45) is 0 Å². The molecule has 1 aliphatic rings. The number of carbonyl (C=O) groups excluding carboxylic acids is 1. The van der Waals surface area contributed by atoms with Gasteiger partial charge in [0, 0.05) is 16.3 Å². The Bertz CT molecular complexity index is 447. The Kier molecular flexibility index (Phi) is 5.39. The van der Waals surface area contributed by atoms with E-state index in [4.69, 9.17) is 4.74 Å². The van der Waals surface area contributed by atoms with Crippen LogP contribution in [0.3, 0.4) is 0 Å². The van der Waals surface area contributed by atoms with Gasteiger partial charge in [-0.3, -0.25) is 0 Å². The molecule has 0 spiro atoms. The molecule has 112 valence electrons. The molecule has 0 aliphatic carbocycles. The first-order valence-electron chi connectivity index (χ1n) is 6.92. The van der Waals surface area contributed by atoms with Crippen molar-refractivity contribution < 1.29 is 14.6 Å². The fourth-order valence-electron chi connectivity index (χ4n) is 2.36. The number of nitrogens with zero attached hydrogens (tertiary/aromatic N) is 1. The molecule has 1 aliphatic heterocycles. The summed E-state index contributed by atoms with van der Waals surface area (Å²) in [7, 11) is 0. The minimum atomic E-state index is -0.433. The summed E-state index contributed by atoms with van der Waals surface area (Å²) in [6, 6.07) is 3.96. The summed E-state index contributed by atoms with van der Waals surface area (Å²) in [6.07, 6.45) is 0.114. The van der Waals surface area contributed by atoms with Crippen LogP contribution in [0.5, 0.6) is 0 Å². The first-order valence-corrected chi connectivity index (χ1v) is 7.73. The van der Waals surface area contributed by atoms with Crippen LogP contribution < -0.4 is 5.32 Å². The van der Waals surface area contributed by atoms with Crippen LogP contribution in [0.25, 0.3) is 0 Å². The van der Waals surface area contributed by atoms with Crippen LogP contribution in [0, 0.1) is 6.92 Å². The van der Waals surface area contributed by atoms with Crippen LogP contribution in [0.2, 0.25) is 0 Å². The number of aryl methyl sites for hydroxylation is 1. The maximum atomic E-state index is 12.3. The van der Waals surface area contributed by atoms with E-state index in [1.807, 2.05) is 6.07 Å². The van der Waals surface area contributed by atoms with E-state index in [1.54, 1.807) is 23.2 Å². The zero-order valence-electron chi connectivity index (χ0n) is 12.0. The van der Waals surface area contributed by atoms with Crippen LogP contribution in [-0.4, -0.2) is 47.9 Å². The van der Waals surface area contributed by atoms with Gasteiger partial charge in [-0.05, 0) is 32.4 Å². The molecular formula is C14H22N2O3S. The molecule has 0 aromatic carbocycles. The summed E-state index contributed by atoms with van der Waals surface area (Å²) in [6.45, 7) is 5.97. The van der Waals surface area contributed by atoms with E-state index in [-0.39, 0.29) is 12.1 Å². The molecule has 0 saturated carbocycles. The molecule has 2 heterocycles. The predicted octanol–water partition coefficient (Wildman–Crippen LogP) is 1.74. The molecule has 2 amide bonds. The average molecular weight is 298 g/mol. The average Bonchev–Trinajstić information content (AvgIpc) is 2.82. The number of aliphatic hydroxyl groups excluding tert-OH is 1. The first-order chi connectivity index (χ1) is 9.56. The van der Waals surface area contributed by atoms with E-state index in [0.29, 0.717) is 32.7 Å². The Morgan fingerprint density at radius 3 is 3.10 bits per heavy atom. The number of aliphatic hydroxyl groups is 1. The second-order valence-corrected chi connectivity index (χ2v) is 6.55. The number of morpholine rings is 1. The Morgan fingerprint density at radius 2 is 2.45 bits per heavy atom. The largest absolute Gasteiger partial charge is 0.393 e. The van der Waals surface area contributed by atoms with Gasteiger partial charge >= 0.3 is 6.03 Å². The van der Waals surface area contributed by atoms with Gasteiger partial charge in [0.15, 0.2) is 0 Å². The number of hydrogen-bond acceptors (Lipinski definition) is 4. The summed E-state index contributed by atoms with van der Waals surface area (Å²) in [5.74, 6) is 0. The van der Waals surface area contributed by atoms with Gasteiger partial charge in [-0.25, -0.2) is 4.79 Å². The van der Waals surface area contributed by atoms with Gasteiger partial charge in [0.2, 0.25) is 0 Å². The van der Waals surface area contributed by atoms with Crippen molar-refractivity contribution >= 4 is 17.4 Å². The van der Waals surface area contributed by atoms with Crippen molar-refractivity contribution in [2.75, 3.05) is 19.8 Å². The molecule has 0 radical (unpaired) electrons. The van der Waals surface area contributed by atoms with Gasteiger partial charge in [0.05, 0.1) is 31.9 Å². The highest BCUT2D eigenvalue weighted by Gasteiger charge is 2.28. The lowest BCUT2D eigenvalue weighted by molar-refractivity contribution is -0.00436. The van der Waals surface area contributed by atoms with Crippen molar-refractivity contribution in [1.82, 2.24) is 10.2 Å². The molecule has 20 heavy (non-hydrogen) atoms. The van der Waals surface area contributed by atoms with Gasteiger partial charge < -0.3 is 20.1 Å². The highest BCUT2D eigenvalue weighted by Crippen LogP contribution is 2.16. The molecule has 0 bridgehead atoms. The van der Waals surface area contributed by atoms with E-state index in [0.717, 1.165) is 4.88 Å². The summed E-state index contributed by atoms with van der Waals surface area (Å²) in [4.78, 5) is 16.4. The predicted molar refractivity (Wildman–Crippen MR) is 78.9 cm³/mol. The lowest BCUT2D eigenvalue weighted by Crippen LogP contribution is -2.53. The van der Waals surface area contributed by atoms with Crippen molar-refractivity contribution in [3.05, 3.63) is 21.9 Å². The number of urea groups is 1. The second kappa shape index (κ2) is 7.06. The first kappa shape index (κ1) is 15.3. The van der Waals surface area contributed by atoms with Crippen LogP contribution in [0.1, 0.15) is 23.1 Å². The highest BCUT2D eigenvalue weighted by molar-refractivity contribution is 7.11. The van der Waals surface area contributed by atoms with Gasteiger partial charge in [-0.1, -0.05) is 0 Å². The summed E-state index contributed by atoms with van der Waals surface area (Å²) < 4.78 is 5.40. The van der Waals surface area contributed by atoms with Gasteiger partial charge in [-0.2, -0.15) is 0 Å². The maximum absolute atomic E-state index is 12.3. The van der Waals surface area contributed by atoms with E-state index in [9.17, 15) is 9.90 Å². The molecule has 2 N–H and O–H groups in total. The van der Waals surface area contributed by atoms with E-state index in [1.165, 1.54) is 4.88 Å². The summed E-state index contributed by atoms with van der Waals surface area (Å²) >= 11 is 1.69. The van der Waals surface area contributed by atoms with Crippen LogP contribution in [0.4, 0.5) is 4.79 Å². The molecule has 5 nitrogen and oxygen atoms in total. The topological polar surface area (TPSA) is 61.8 Å². The third-order valence-corrected chi connectivity index (χ3v) is 4.31. The molecule has 1 saturated heterocycles. The fraction of sp³-hybridized carbons (Fsp3) is 0.643. The Balaban J connectivity index is 1.88. The van der Waals surface area contributed by atoms with Gasteiger partial charge in [0.1, 0.15) is 0 Å². The molecule has 1 fully saturated rings. The highest BCUT2D eigenvalue weighted by atomic mass is 32.1. The Morgan fingerprint density at radius 1 is 1.65 bits per heavy atom. The molecular weight excluding hydrogens is 276 g/mol. The molecule has 2 rings (SSSR count). The quantitative estimate of drug-likeness (QED) is 0.890. The summed E-state index contributed by atoms with van der Waals surface area (Å²) in [5, 5.41) is 12.4. The van der Waals surface area contributed by atoms with Gasteiger partial charge in [-0.15, -0.1) is 11.3 Å². The standard InChI is InChI=1S/C14H22N2O3S/c1-10(17)7-12-9-19-6-5-16(12)14(18)15-8-13-4-3-11(2)20-13/h3-4,10,12,17H,5-9H2,1-2H3,(H,15,18)/t10-,12-/m0/s1. The smallest absolute Gasteiger partial charge is 0.318 e. The molecule has 1 aromatic rings. The summed E-state index contributed by atoms with van der Waals surface area (Å²) in [5.41, 5.74) is 0. The molecule has 0 unspecified atom stereocenters. The minimum Gasteiger partial charge on any atom is -0.393 e. The van der Waals surface area contributed by atoms with Crippen molar-refractivity contribution in [3.63, 3.8) is 0 Å². The number of thiophene rings is 1. The number of carbonyl (C=O) groups is 1. The maximum Gasteiger partial charge on any atom is 0.318 e. The fourth-order valence-corrected chi connectivity index (χ4v) is 3.19. The lowest BCUT2D eigenvalue weighted by atomic mass is 10.1. The SMILES string of the molecule is Cc1ccc(CNC(=O)N2CCOC[C@@H]2C[C@H](C)O)s1. The monoisotopic (exact) mass is 298 g/mol. The molecule has 2 atom stereocenters. The third kappa shape index (κ3) is 4.19. The number of hydrogen-bond donors (Lipinski definition) is 2. The van der Waals surface area contributed by atoms with Crippen LogP contribution >= 0.6 is 11.3 Å². The molecule has 6 heteroatoms. The minimum absolute atomic E-state index is 0.0474. The number of rotatable bonds is 4. The van der Waals surface area contributed by atoms with E-state index in [2.05, 4.69) is 18.3 Å². The number of ether oxygens (including phenoxy) is 1. The van der Waals surface area contributed by atoms with Gasteiger partial charge in [0.25, 0.3) is 0 Å². The Hall–Kier alpha value is -1.11. The zero-order valence-corrected chi connectivity index (χ0v) is 12.8. The lowest BCUT2D eigenvalue weighted by Gasteiger charge is -2.36.